The molecule has 1 fully saturated rings. The molecule has 4 nitrogen and oxygen atoms in total. The van der Waals surface area contributed by atoms with Gasteiger partial charge in [0.05, 0.1) is 6.54 Å². The molecule has 1 atom stereocenters. The van der Waals surface area contributed by atoms with E-state index in [-0.39, 0.29) is 11.4 Å². The summed E-state index contributed by atoms with van der Waals surface area (Å²) in [6.07, 6.45) is 2.08. The molecule has 1 unspecified atom stereocenters. The molecular weight excluding hydrogens is 178 g/mol. The van der Waals surface area contributed by atoms with Crippen LogP contribution in [-0.2, 0) is 4.79 Å². The first-order valence-electron chi connectivity index (χ1n) is 5.39. The lowest BCUT2D eigenvalue weighted by Crippen LogP contribution is -2.48. The lowest BCUT2D eigenvalue weighted by molar-refractivity contribution is -0.120. The Kier molecular flexibility index (Phi) is 4.35. The Morgan fingerprint density at radius 1 is 1.57 bits per heavy atom. The maximum Gasteiger partial charge on any atom is 0.233 e. The van der Waals surface area contributed by atoms with Crippen molar-refractivity contribution in [2.24, 2.45) is 0 Å². The first-order chi connectivity index (χ1) is 6.66. The number of nitrogens with one attached hydrogen (secondary N) is 3. The fourth-order valence-electron chi connectivity index (χ4n) is 1.59. The van der Waals surface area contributed by atoms with E-state index in [4.69, 9.17) is 0 Å². The predicted octanol–water partition coefficient (Wildman–Crippen LogP) is -0.146. The third-order valence-corrected chi connectivity index (χ3v) is 2.62. The van der Waals surface area contributed by atoms with Crippen LogP contribution < -0.4 is 16.0 Å². The van der Waals surface area contributed by atoms with Gasteiger partial charge in [-0.3, -0.25) is 4.79 Å². The molecule has 1 aliphatic rings. The average molecular weight is 199 g/mol. The minimum Gasteiger partial charge on any atom is -0.355 e. The molecule has 0 aromatic carbocycles. The van der Waals surface area contributed by atoms with Crippen molar-refractivity contribution in [3.05, 3.63) is 0 Å². The molecule has 1 saturated heterocycles. The van der Waals surface area contributed by atoms with Crippen LogP contribution in [0, 0.1) is 0 Å². The van der Waals surface area contributed by atoms with Gasteiger partial charge in [-0.25, -0.2) is 0 Å². The Hall–Kier alpha value is -0.610. The Morgan fingerprint density at radius 3 is 2.93 bits per heavy atom. The largest absolute Gasteiger partial charge is 0.355 e. The predicted molar refractivity (Wildman–Crippen MR) is 57.2 cm³/mol. The molecule has 0 aromatic heterocycles. The van der Waals surface area contributed by atoms with Gasteiger partial charge in [0.25, 0.3) is 0 Å². The summed E-state index contributed by atoms with van der Waals surface area (Å²) in [5.41, 5.74) is 0.101. The van der Waals surface area contributed by atoms with Crippen LogP contribution in [0.1, 0.15) is 26.7 Å². The van der Waals surface area contributed by atoms with Gasteiger partial charge >= 0.3 is 0 Å². The third-order valence-electron chi connectivity index (χ3n) is 2.62. The molecule has 14 heavy (non-hydrogen) atoms. The fraction of sp³-hybridized carbons (Fsp3) is 0.900. The van der Waals surface area contributed by atoms with E-state index in [1.807, 2.05) is 0 Å². The van der Waals surface area contributed by atoms with Gasteiger partial charge in [-0.2, -0.15) is 0 Å². The highest BCUT2D eigenvalue weighted by molar-refractivity contribution is 5.78. The van der Waals surface area contributed by atoms with Gasteiger partial charge in [-0.05, 0) is 26.3 Å². The molecule has 0 aliphatic carbocycles. The highest BCUT2D eigenvalue weighted by atomic mass is 16.1. The van der Waals surface area contributed by atoms with Crippen LogP contribution in [0.25, 0.3) is 0 Å². The van der Waals surface area contributed by atoms with E-state index in [9.17, 15) is 4.79 Å². The monoisotopic (exact) mass is 199 g/mol. The molecule has 0 radical (unpaired) electrons. The van der Waals surface area contributed by atoms with E-state index in [1.165, 1.54) is 0 Å². The van der Waals surface area contributed by atoms with Crippen LogP contribution in [0.15, 0.2) is 0 Å². The topological polar surface area (TPSA) is 53.2 Å². The first kappa shape index (κ1) is 11.5. The van der Waals surface area contributed by atoms with Crippen molar-refractivity contribution in [3.63, 3.8) is 0 Å². The zero-order valence-electron chi connectivity index (χ0n) is 9.15. The number of hydrogen-bond donors (Lipinski definition) is 3. The number of carbonyl (C=O) groups is 1. The van der Waals surface area contributed by atoms with E-state index in [0.29, 0.717) is 6.54 Å². The average Bonchev–Trinajstić information content (AvgIpc) is 2.60. The smallest absolute Gasteiger partial charge is 0.233 e. The fourth-order valence-corrected chi connectivity index (χ4v) is 1.59. The molecule has 82 valence electrons. The summed E-state index contributed by atoms with van der Waals surface area (Å²) in [4.78, 5) is 11.3. The van der Waals surface area contributed by atoms with Gasteiger partial charge in [-0.15, -0.1) is 0 Å². The second kappa shape index (κ2) is 5.32. The summed E-state index contributed by atoms with van der Waals surface area (Å²) >= 11 is 0. The van der Waals surface area contributed by atoms with E-state index in [1.54, 1.807) is 0 Å². The summed E-state index contributed by atoms with van der Waals surface area (Å²) in [5.74, 6) is 0.0972. The van der Waals surface area contributed by atoms with Crippen LogP contribution in [-0.4, -0.2) is 37.6 Å². The van der Waals surface area contributed by atoms with Crippen molar-refractivity contribution in [1.82, 2.24) is 16.0 Å². The summed E-state index contributed by atoms with van der Waals surface area (Å²) in [5, 5.41) is 9.43. The minimum atomic E-state index is 0.0972. The number of carbonyl (C=O) groups excluding carboxylic acids is 1. The summed E-state index contributed by atoms with van der Waals surface area (Å²) in [7, 11) is 0. The van der Waals surface area contributed by atoms with E-state index in [0.717, 1.165) is 32.5 Å². The number of hydrogen-bond acceptors (Lipinski definition) is 3. The SMILES string of the molecule is CCCNC(=O)CNC1(C)CCNC1. The van der Waals surface area contributed by atoms with Crippen molar-refractivity contribution in [2.75, 3.05) is 26.2 Å². The van der Waals surface area contributed by atoms with Crippen molar-refractivity contribution in [2.45, 2.75) is 32.2 Å². The molecule has 0 bridgehead atoms. The summed E-state index contributed by atoms with van der Waals surface area (Å²) in [6, 6.07) is 0. The van der Waals surface area contributed by atoms with Crippen LogP contribution in [0.5, 0.6) is 0 Å². The van der Waals surface area contributed by atoms with Crippen molar-refractivity contribution < 1.29 is 4.79 Å². The highest BCUT2D eigenvalue weighted by Crippen LogP contribution is 2.12. The Morgan fingerprint density at radius 2 is 2.36 bits per heavy atom. The molecule has 0 saturated carbocycles. The molecule has 0 spiro atoms. The normalized spacial score (nSPS) is 26.4. The number of amides is 1. The van der Waals surface area contributed by atoms with Crippen LogP contribution in [0.3, 0.4) is 0 Å². The third kappa shape index (κ3) is 3.64. The lowest BCUT2D eigenvalue weighted by atomic mass is 10.0. The zero-order valence-corrected chi connectivity index (χ0v) is 9.15. The highest BCUT2D eigenvalue weighted by Gasteiger charge is 2.27. The first-order valence-corrected chi connectivity index (χ1v) is 5.39. The lowest BCUT2D eigenvalue weighted by Gasteiger charge is -2.24. The van der Waals surface area contributed by atoms with Crippen LogP contribution >= 0.6 is 0 Å². The maximum atomic E-state index is 11.3. The van der Waals surface area contributed by atoms with Gasteiger partial charge in [-0.1, -0.05) is 6.92 Å². The van der Waals surface area contributed by atoms with Crippen molar-refractivity contribution in [1.29, 1.82) is 0 Å². The molecule has 1 heterocycles. The molecule has 1 rings (SSSR count). The molecular formula is C10H21N3O. The summed E-state index contributed by atoms with van der Waals surface area (Å²) in [6.45, 7) is 7.40. The quantitative estimate of drug-likeness (QED) is 0.577. The second-order valence-corrected chi connectivity index (χ2v) is 4.19. The van der Waals surface area contributed by atoms with E-state index in [2.05, 4.69) is 29.8 Å². The van der Waals surface area contributed by atoms with Gasteiger partial charge < -0.3 is 16.0 Å². The second-order valence-electron chi connectivity index (χ2n) is 4.19. The standard InChI is InChI=1S/C10H21N3O/c1-3-5-12-9(14)7-13-10(2)4-6-11-8-10/h11,13H,3-8H2,1-2H3,(H,12,14). The van der Waals surface area contributed by atoms with Gasteiger partial charge in [0, 0.05) is 18.6 Å². The van der Waals surface area contributed by atoms with Gasteiger partial charge in [0.2, 0.25) is 5.91 Å². The molecule has 0 aromatic rings. The molecule has 1 amide bonds. The van der Waals surface area contributed by atoms with Gasteiger partial charge in [0.1, 0.15) is 0 Å². The van der Waals surface area contributed by atoms with Crippen LogP contribution in [0.2, 0.25) is 0 Å². The molecule has 3 N–H and O–H groups in total. The Bertz CT molecular complexity index is 188. The zero-order chi connectivity index (χ0) is 10.4. The molecule has 4 heteroatoms. The Labute approximate surface area is 85.8 Å². The van der Waals surface area contributed by atoms with Crippen LogP contribution in [0.4, 0.5) is 0 Å². The summed E-state index contributed by atoms with van der Waals surface area (Å²) < 4.78 is 0. The van der Waals surface area contributed by atoms with Crippen molar-refractivity contribution >= 4 is 5.91 Å². The van der Waals surface area contributed by atoms with E-state index >= 15 is 0 Å². The minimum absolute atomic E-state index is 0.0972. The van der Waals surface area contributed by atoms with E-state index < -0.39 is 0 Å². The maximum absolute atomic E-state index is 11.3. The number of rotatable bonds is 5. The van der Waals surface area contributed by atoms with Gasteiger partial charge in [0.15, 0.2) is 0 Å². The van der Waals surface area contributed by atoms with Crippen molar-refractivity contribution in [3.8, 4) is 0 Å². The molecule has 1 aliphatic heterocycles. The Balaban J connectivity index is 2.15.